The van der Waals surface area contributed by atoms with Gasteiger partial charge in [-0.05, 0) is 39.9 Å². The van der Waals surface area contributed by atoms with Gasteiger partial charge in [-0.15, -0.1) is 0 Å². The van der Waals surface area contributed by atoms with Crippen molar-refractivity contribution in [2.24, 2.45) is 0 Å². The predicted octanol–water partition coefficient (Wildman–Crippen LogP) is 7.07. The van der Waals surface area contributed by atoms with Crippen LogP contribution in [0.3, 0.4) is 0 Å². The summed E-state index contributed by atoms with van der Waals surface area (Å²) in [7, 11) is 0. The van der Waals surface area contributed by atoms with Gasteiger partial charge in [0.2, 0.25) is 5.91 Å². The molecule has 0 atom stereocenters. The highest BCUT2D eigenvalue weighted by Crippen LogP contribution is 2.14. The molecule has 0 fully saturated rings. The molecular weight excluding hydrogens is 326 g/mol. The van der Waals surface area contributed by atoms with Gasteiger partial charge < -0.3 is 4.90 Å². The summed E-state index contributed by atoms with van der Waals surface area (Å²) in [6.45, 7) is 10.7. The van der Waals surface area contributed by atoms with E-state index in [4.69, 9.17) is 0 Å². The monoisotopic (exact) mass is 371 g/mol. The van der Waals surface area contributed by atoms with Gasteiger partial charge in [-0.25, -0.2) is 0 Å². The van der Waals surface area contributed by atoms with Crippen molar-refractivity contribution < 1.29 is 4.79 Å². The Balaban J connectivity index is 3.37. The van der Waals surface area contributed by atoms with Crippen LogP contribution in [0.5, 0.6) is 0 Å². The Hall–Kier alpha value is -0.180. The first-order valence-corrected chi connectivity index (χ1v) is 12.0. The smallest absolute Gasteiger partial charge is 0.233 e. The summed E-state index contributed by atoms with van der Waals surface area (Å²) in [6, 6.07) is 0.611. The van der Waals surface area contributed by atoms with Crippen molar-refractivity contribution in [3.8, 4) is 0 Å². The number of carbonyl (C=O) groups excluding carboxylic acids is 1. The lowest BCUT2D eigenvalue weighted by Gasteiger charge is -2.30. The molecule has 0 aromatic rings. The molecule has 0 aliphatic rings. The first-order chi connectivity index (χ1) is 12.0. The van der Waals surface area contributed by atoms with E-state index in [2.05, 4.69) is 34.6 Å². The SMILES string of the molecule is CCCCCCCCCCCCCCSCC(=O)N(C(C)C)C(C)C. The summed E-state index contributed by atoms with van der Waals surface area (Å²) in [4.78, 5) is 14.3. The first-order valence-electron chi connectivity index (χ1n) is 10.9. The molecule has 0 saturated carbocycles. The van der Waals surface area contributed by atoms with E-state index in [-0.39, 0.29) is 0 Å². The van der Waals surface area contributed by atoms with E-state index in [0.717, 1.165) is 5.75 Å². The lowest BCUT2D eigenvalue weighted by Crippen LogP contribution is -2.43. The van der Waals surface area contributed by atoms with E-state index in [1.165, 1.54) is 77.0 Å². The van der Waals surface area contributed by atoms with Crippen molar-refractivity contribution in [2.75, 3.05) is 11.5 Å². The minimum absolute atomic E-state index is 0.300. The van der Waals surface area contributed by atoms with E-state index < -0.39 is 0 Å². The van der Waals surface area contributed by atoms with Crippen LogP contribution < -0.4 is 0 Å². The van der Waals surface area contributed by atoms with Crippen LogP contribution in [-0.2, 0) is 4.79 Å². The highest BCUT2D eigenvalue weighted by molar-refractivity contribution is 7.99. The summed E-state index contributed by atoms with van der Waals surface area (Å²) >= 11 is 1.81. The zero-order chi connectivity index (χ0) is 18.9. The Morgan fingerprint density at radius 1 is 0.720 bits per heavy atom. The molecule has 0 heterocycles. The van der Waals surface area contributed by atoms with Crippen molar-refractivity contribution in [1.82, 2.24) is 4.90 Å². The number of nitrogens with zero attached hydrogens (tertiary/aromatic N) is 1. The molecule has 0 aliphatic heterocycles. The lowest BCUT2D eigenvalue weighted by atomic mass is 10.1. The van der Waals surface area contributed by atoms with Gasteiger partial charge in [0.25, 0.3) is 0 Å². The van der Waals surface area contributed by atoms with Gasteiger partial charge in [0, 0.05) is 12.1 Å². The summed E-state index contributed by atoms with van der Waals surface area (Å²) < 4.78 is 0. The van der Waals surface area contributed by atoms with Gasteiger partial charge in [0.05, 0.1) is 5.75 Å². The Labute approximate surface area is 162 Å². The first kappa shape index (κ1) is 24.8. The fourth-order valence-electron chi connectivity index (χ4n) is 3.45. The molecule has 2 nitrogen and oxygen atoms in total. The zero-order valence-electron chi connectivity index (χ0n) is 17.8. The molecule has 0 aromatic carbocycles. The molecule has 0 spiro atoms. The molecule has 0 saturated heterocycles. The van der Waals surface area contributed by atoms with E-state index >= 15 is 0 Å². The van der Waals surface area contributed by atoms with Gasteiger partial charge >= 0.3 is 0 Å². The number of rotatable bonds is 17. The number of hydrogen-bond acceptors (Lipinski definition) is 2. The Bertz CT molecular complexity index is 296. The Morgan fingerprint density at radius 2 is 1.12 bits per heavy atom. The molecule has 0 aromatic heterocycles. The highest BCUT2D eigenvalue weighted by atomic mass is 32.2. The van der Waals surface area contributed by atoms with Crippen molar-refractivity contribution in [1.29, 1.82) is 0 Å². The molecule has 150 valence electrons. The minimum atomic E-state index is 0.300. The van der Waals surface area contributed by atoms with Crippen molar-refractivity contribution in [2.45, 2.75) is 124 Å². The number of thioether (sulfide) groups is 1. The molecule has 1 amide bonds. The van der Waals surface area contributed by atoms with Crippen LogP contribution in [0, 0.1) is 0 Å². The second-order valence-corrected chi connectivity index (χ2v) is 9.04. The molecule has 0 unspecified atom stereocenters. The third-order valence-corrected chi connectivity index (χ3v) is 5.80. The van der Waals surface area contributed by atoms with Crippen LogP contribution in [0.4, 0.5) is 0 Å². The van der Waals surface area contributed by atoms with Gasteiger partial charge in [-0.1, -0.05) is 77.6 Å². The predicted molar refractivity (Wildman–Crippen MR) is 116 cm³/mol. The summed E-state index contributed by atoms with van der Waals surface area (Å²) in [6.07, 6.45) is 16.7. The zero-order valence-corrected chi connectivity index (χ0v) is 18.6. The topological polar surface area (TPSA) is 20.3 Å². The van der Waals surface area contributed by atoms with Crippen LogP contribution in [0.1, 0.15) is 112 Å². The summed E-state index contributed by atoms with van der Waals surface area (Å²) in [5.74, 6) is 2.08. The maximum absolute atomic E-state index is 12.2. The molecule has 0 aliphatic carbocycles. The van der Waals surface area contributed by atoms with Crippen LogP contribution in [0.15, 0.2) is 0 Å². The maximum atomic E-state index is 12.2. The van der Waals surface area contributed by atoms with E-state index in [1.807, 2.05) is 16.7 Å². The number of unbranched alkanes of at least 4 members (excludes halogenated alkanes) is 11. The average Bonchev–Trinajstić information content (AvgIpc) is 2.54. The van der Waals surface area contributed by atoms with Crippen LogP contribution in [0.2, 0.25) is 0 Å². The van der Waals surface area contributed by atoms with Gasteiger partial charge in [-0.2, -0.15) is 11.8 Å². The third-order valence-electron chi connectivity index (χ3n) is 4.77. The van der Waals surface area contributed by atoms with Crippen molar-refractivity contribution in [3.05, 3.63) is 0 Å². The average molecular weight is 372 g/mol. The molecule has 0 bridgehead atoms. The fraction of sp³-hybridized carbons (Fsp3) is 0.955. The normalized spacial score (nSPS) is 11.5. The standard InChI is InChI=1S/C22H45NOS/c1-6-7-8-9-10-11-12-13-14-15-16-17-18-25-19-22(24)23(20(2)3)21(4)5/h20-21H,6-19H2,1-5H3. The number of hydrogen-bond donors (Lipinski definition) is 0. The summed E-state index contributed by atoms with van der Waals surface area (Å²) in [5.41, 5.74) is 0. The number of amides is 1. The lowest BCUT2D eigenvalue weighted by molar-refractivity contribution is -0.131. The van der Waals surface area contributed by atoms with Gasteiger partial charge in [-0.3, -0.25) is 4.79 Å². The largest absolute Gasteiger partial charge is 0.337 e. The molecule has 25 heavy (non-hydrogen) atoms. The highest BCUT2D eigenvalue weighted by Gasteiger charge is 2.19. The van der Waals surface area contributed by atoms with Crippen LogP contribution in [-0.4, -0.2) is 34.4 Å². The van der Waals surface area contributed by atoms with Crippen LogP contribution in [0.25, 0.3) is 0 Å². The summed E-state index contributed by atoms with van der Waals surface area (Å²) in [5, 5.41) is 0. The fourth-order valence-corrected chi connectivity index (χ4v) is 4.33. The van der Waals surface area contributed by atoms with Crippen LogP contribution >= 0.6 is 11.8 Å². The Kier molecular flexibility index (Phi) is 17.1. The minimum Gasteiger partial charge on any atom is -0.337 e. The maximum Gasteiger partial charge on any atom is 0.233 e. The van der Waals surface area contributed by atoms with E-state index in [0.29, 0.717) is 23.7 Å². The molecule has 0 rings (SSSR count). The van der Waals surface area contributed by atoms with Gasteiger partial charge in [0.15, 0.2) is 0 Å². The van der Waals surface area contributed by atoms with E-state index in [9.17, 15) is 4.79 Å². The number of carbonyl (C=O) groups is 1. The third kappa shape index (κ3) is 14.7. The van der Waals surface area contributed by atoms with Gasteiger partial charge in [0.1, 0.15) is 0 Å². The van der Waals surface area contributed by atoms with Crippen molar-refractivity contribution >= 4 is 17.7 Å². The molecule has 0 radical (unpaired) electrons. The second kappa shape index (κ2) is 17.2. The molecular formula is C22H45NOS. The van der Waals surface area contributed by atoms with E-state index in [1.54, 1.807) is 0 Å². The second-order valence-electron chi connectivity index (χ2n) is 7.93. The Morgan fingerprint density at radius 3 is 1.52 bits per heavy atom. The quantitative estimate of drug-likeness (QED) is 0.255. The molecule has 3 heteroatoms. The molecule has 0 N–H and O–H groups in total. The van der Waals surface area contributed by atoms with Crippen molar-refractivity contribution in [3.63, 3.8) is 0 Å².